The zero-order chi connectivity index (χ0) is 75.8. The maximum atomic E-state index is 6.30. The molecule has 12 heteroatoms. The molecular formula is C100H76BBrN8O2. The highest BCUT2D eigenvalue weighted by molar-refractivity contribution is 9.10. The summed E-state index contributed by atoms with van der Waals surface area (Å²) in [6, 6.07) is 124. The number of fused-ring (bicyclic) bond motifs is 12. The van der Waals surface area contributed by atoms with Gasteiger partial charge in [-0.25, -0.2) is 19.9 Å². The van der Waals surface area contributed by atoms with Crippen LogP contribution >= 0.6 is 15.9 Å². The summed E-state index contributed by atoms with van der Waals surface area (Å²) in [5.74, 6) is 1.38. The summed E-state index contributed by atoms with van der Waals surface area (Å²) in [4.78, 5) is 20.3. The first kappa shape index (κ1) is 69.4. The summed E-state index contributed by atoms with van der Waals surface area (Å²) in [7, 11) is -0.530. The van der Waals surface area contributed by atoms with Gasteiger partial charge in [0.15, 0.2) is 11.6 Å². The van der Waals surface area contributed by atoms with Gasteiger partial charge in [-0.05, 0) is 132 Å². The van der Waals surface area contributed by atoms with E-state index in [1.165, 1.54) is 87.2 Å². The Balaban J connectivity index is 0.000000120. The maximum absolute atomic E-state index is 6.30. The predicted molar refractivity (Wildman–Crippen MR) is 468 cm³/mol. The van der Waals surface area contributed by atoms with E-state index < -0.39 is 18.3 Å². The van der Waals surface area contributed by atoms with Gasteiger partial charge in [-0.2, -0.15) is 0 Å². The summed E-state index contributed by atoms with van der Waals surface area (Å²) >= 11 is 3.81. The molecule has 7 heterocycles. The Morgan fingerprint density at radius 3 is 0.786 bits per heavy atom. The first-order valence-electron chi connectivity index (χ1n) is 38.1. The smallest absolute Gasteiger partial charge is 0.398 e. The van der Waals surface area contributed by atoms with E-state index >= 15 is 0 Å². The van der Waals surface area contributed by atoms with Gasteiger partial charge in [0.1, 0.15) is 0 Å². The van der Waals surface area contributed by atoms with E-state index in [-0.39, 0.29) is 0 Å². The molecule has 0 bridgehead atoms. The molecule has 14 aromatic carbocycles. The van der Waals surface area contributed by atoms with Crippen molar-refractivity contribution in [1.29, 1.82) is 0 Å². The molecule has 0 radical (unpaired) electrons. The van der Waals surface area contributed by atoms with Crippen LogP contribution in [0, 0.1) is 13.8 Å². The minimum atomic E-state index is -0.530. The molecule has 6 aromatic heterocycles. The van der Waals surface area contributed by atoms with Gasteiger partial charge >= 0.3 is 7.12 Å². The Bertz CT molecular complexity index is 6520. The Kier molecular flexibility index (Phi) is 17.6. The van der Waals surface area contributed by atoms with Gasteiger partial charge in [-0.3, -0.25) is 0 Å². The van der Waals surface area contributed by atoms with E-state index in [9.17, 15) is 0 Å². The van der Waals surface area contributed by atoms with Crippen LogP contribution in [0.4, 0.5) is 0 Å². The lowest BCUT2D eigenvalue weighted by molar-refractivity contribution is 0.00578. The van der Waals surface area contributed by atoms with Crippen molar-refractivity contribution in [3.05, 3.63) is 367 Å². The number of nitrogens with zero attached hydrogens (tertiary/aromatic N) is 8. The van der Waals surface area contributed by atoms with Crippen LogP contribution in [0.15, 0.2) is 356 Å². The Morgan fingerprint density at radius 1 is 0.259 bits per heavy atom. The van der Waals surface area contributed by atoms with Crippen LogP contribution in [-0.4, -0.2) is 56.5 Å². The largest absolute Gasteiger partial charge is 0.514 e. The molecule has 112 heavy (non-hydrogen) atoms. The molecule has 0 N–H and O–H groups in total. The van der Waals surface area contributed by atoms with Crippen LogP contribution in [-0.2, 0) is 9.31 Å². The molecule has 0 spiro atoms. The normalized spacial score (nSPS) is 13.2. The van der Waals surface area contributed by atoms with Crippen LogP contribution in [0.2, 0.25) is 0 Å². The lowest BCUT2D eigenvalue weighted by atomic mass is 9.80. The fourth-order valence-electron chi connectivity index (χ4n) is 16.3. The van der Waals surface area contributed by atoms with Gasteiger partial charge in [-0.1, -0.05) is 283 Å². The lowest BCUT2D eigenvalue weighted by Crippen LogP contribution is -2.41. The fourth-order valence-corrected chi connectivity index (χ4v) is 16.8. The van der Waals surface area contributed by atoms with Crippen LogP contribution < -0.4 is 5.59 Å². The van der Waals surface area contributed by atoms with Crippen molar-refractivity contribution >= 4 is 116 Å². The number of para-hydroxylation sites is 8. The molecule has 1 fully saturated rings. The molecule has 0 aliphatic carbocycles. The van der Waals surface area contributed by atoms with Crippen LogP contribution in [0.25, 0.3) is 167 Å². The van der Waals surface area contributed by atoms with E-state index in [1.54, 1.807) is 0 Å². The summed E-state index contributed by atoms with van der Waals surface area (Å²) < 4.78 is 23.2. The topological polar surface area (TPSA) is 89.7 Å². The van der Waals surface area contributed by atoms with Gasteiger partial charge in [-0.15, -0.1) is 0 Å². The minimum absolute atomic E-state index is 0.422. The average molecular weight is 1510 g/mol. The quantitative estimate of drug-likeness (QED) is 0.127. The molecule has 0 amide bonds. The van der Waals surface area contributed by atoms with Gasteiger partial charge < -0.3 is 27.6 Å². The van der Waals surface area contributed by atoms with Gasteiger partial charge in [0.05, 0.1) is 78.0 Å². The molecule has 0 saturated carbocycles. The van der Waals surface area contributed by atoms with E-state index in [1.807, 2.05) is 79.7 Å². The molecule has 10 nitrogen and oxygen atoms in total. The zero-order valence-corrected chi connectivity index (χ0v) is 64.4. The Labute approximate surface area is 658 Å². The van der Waals surface area contributed by atoms with Crippen molar-refractivity contribution in [3.63, 3.8) is 0 Å². The second-order valence-electron chi connectivity index (χ2n) is 29.7. The van der Waals surface area contributed by atoms with Crippen molar-refractivity contribution in [2.75, 3.05) is 0 Å². The number of aromatic nitrogens is 8. The van der Waals surface area contributed by atoms with Gasteiger partial charge in [0.2, 0.25) is 0 Å². The van der Waals surface area contributed by atoms with E-state index in [4.69, 9.17) is 29.2 Å². The second-order valence-corrected chi connectivity index (χ2v) is 30.6. The van der Waals surface area contributed by atoms with Crippen molar-refractivity contribution < 1.29 is 9.31 Å². The monoisotopic (exact) mass is 1510 g/mol. The minimum Gasteiger partial charge on any atom is -0.398 e. The first-order valence-corrected chi connectivity index (χ1v) is 38.8. The number of hydrogen-bond donors (Lipinski definition) is 0. The summed E-state index contributed by atoms with van der Waals surface area (Å²) in [6.07, 6.45) is 0. The molecule has 1 saturated heterocycles. The average Bonchev–Trinajstić information content (AvgIpc) is 1.34. The molecule has 0 atom stereocenters. The highest BCUT2D eigenvalue weighted by Crippen LogP contribution is 2.43. The van der Waals surface area contributed by atoms with Crippen molar-refractivity contribution in [2.45, 2.75) is 52.7 Å². The fraction of sp³-hybridized carbons (Fsp3) is 0.0800. The number of halogens is 1. The van der Waals surface area contributed by atoms with Crippen LogP contribution in [0.3, 0.4) is 0 Å². The van der Waals surface area contributed by atoms with Crippen LogP contribution in [0.1, 0.15) is 38.8 Å². The van der Waals surface area contributed by atoms with Gasteiger partial charge in [0.25, 0.3) is 0 Å². The number of hydrogen-bond acceptors (Lipinski definition) is 6. The maximum Gasteiger partial charge on any atom is 0.514 e. The van der Waals surface area contributed by atoms with Gasteiger partial charge in [0, 0.05) is 104 Å². The third-order valence-electron chi connectivity index (χ3n) is 22.4. The zero-order valence-electron chi connectivity index (χ0n) is 62.8. The third-order valence-corrected chi connectivity index (χ3v) is 22.8. The van der Waals surface area contributed by atoms with Crippen molar-refractivity contribution in [2.24, 2.45) is 0 Å². The molecule has 21 rings (SSSR count). The predicted octanol–water partition coefficient (Wildman–Crippen LogP) is 25.0. The molecule has 538 valence electrons. The van der Waals surface area contributed by atoms with E-state index in [2.05, 4.69) is 348 Å². The Morgan fingerprint density at radius 2 is 0.491 bits per heavy atom. The van der Waals surface area contributed by atoms with Crippen molar-refractivity contribution in [1.82, 2.24) is 38.2 Å². The first-order chi connectivity index (χ1) is 54.8. The van der Waals surface area contributed by atoms with E-state index in [0.717, 1.165) is 88.8 Å². The molecule has 0 unspecified atom stereocenters. The Hall–Kier alpha value is -13.1. The highest BCUT2D eigenvalue weighted by atomic mass is 79.9. The second kappa shape index (κ2) is 28.4. The SMILES string of the molecule is Brc1cc(-n2c3ccccc3c3ccccc32)cc(-n2c3ccccc3c3ccccc32)c1.Cc1c(-c2ccccc2)nc(-c2ccccc2)nc1-c1cc(-n2c3ccccc3c3ccccc32)cc(-n2c3ccccc3c3ccccc32)c1.Cc1c(B2OC(C)(C)C(C)(C)O2)nc(-c2ccccc2)nc1-c1ccccc1. The molecule has 1 aliphatic rings. The molecular weight excluding hydrogens is 1440 g/mol. The van der Waals surface area contributed by atoms with Crippen LogP contribution in [0.5, 0.6) is 0 Å². The van der Waals surface area contributed by atoms with Crippen molar-refractivity contribution in [3.8, 4) is 79.3 Å². The molecule has 20 aromatic rings. The summed E-state index contributed by atoms with van der Waals surface area (Å²) in [5, 5.41) is 10.00. The third kappa shape index (κ3) is 12.2. The number of rotatable bonds is 10. The summed E-state index contributed by atoms with van der Waals surface area (Å²) in [6.45, 7) is 12.4. The highest BCUT2D eigenvalue weighted by Gasteiger charge is 2.53. The standard InChI is InChI=1S/C47H32N4.C30H19BrN2.C23H25BN2O2/c1-31-45(32-16-4-2-5-17-32)48-47(33-18-6-3-7-19-33)49-46(31)34-28-35(50-41-24-12-8-20-37(41)38-21-9-13-25-42(38)50)30-36(29-34)51-43-26-14-10-22-39(43)40-23-11-15-27-44(40)51;31-20-17-21(32-27-13-5-1-9-23(27)24-10-2-6-14-28(24)32)19-22(18-20)33-29-15-7-3-11-25(29)26-12-4-8-16-30(26)33;1-16-19(17-12-8-6-9-13-17)25-21(18-14-10-7-11-15-18)26-20(16)24-27-22(2,3)23(4,5)28-24/h2-30H,1H3;1-19H;6-15H,1-5H3. The van der Waals surface area contributed by atoms with E-state index in [0.29, 0.717) is 11.6 Å². The molecule has 1 aliphatic heterocycles. The summed E-state index contributed by atoms with van der Waals surface area (Å²) in [5.41, 5.74) is 23.7. The number of benzene rings is 14. The lowest BCUT2D eigenvalue weighted by Gasteiger charge is -2.32.